The second kappa shape index (κ2) is 9.86. The van der Waals surface area contributed by atoms with Gasteiger partial charge < -0.3 is 10.2 Å². The smallest absolute Gasteiger partial charge is 0.194 e. The van der Waals surface area contributed by atoms with E-state index in [4.69, 9.17) is 4.99 Å². The third kappa shape index (κ3) is 5.76. The van der Waals surface area contributed by atoms with Crippen LogP contribution in [0.1, 0.15) is 31.2 Å². The number of aryl methyl sites for hydroxylation is 1. The molecule has 2 rings (SSSR count). The highest BCUT2D eigenvalue weighted by atomic mass is 127. The molecule has 0 aliphatic rings. The van der Waals surface area contributed by atoms with Crippen LogP contribution in [0.2, 0.25) is 0 Å². The second-order valence-corrected chi connectivity index (χ2v) is 6.09. The normalized spacial score (nSPS) is 12.6. The van der Waals surface area contributed by atoms with E-state index in [1.807, 2.05) is 14.1 Å². The lowest BCUT2D eigenvalue weighted by Gasteiger charge is -2.22. The fourth-order valence-electron chi connectivity index (χ4n) is 2.10. The molecular formula is C15H25IN6S. The van der Waals surface area contributed by atoms with Crippen LogP contribution < -0.4 is 5.32 Å². The Morgan fingerprint density at radius 2 is 2.30 bits per heavy atom. The number of rotatable bonds is 6. The fourth-order valence-corrected chi connectivity index (χ4v) is 2.89. The van der Waals surface area contributed by atoms with Crippen LogP contribution in [-0.4, -0.2) is 45.8 Å². The van der Waals surface area contributed by atoms with Crippen molar-refractivity contribution in [2.45, 2.75) is 26.3 Å². The van der Waals surface area contributed by atoms with Crippen molar-refractivity contribution in [2.75, 3.05) is 20.1 Å². The molecule has 1 unspecified atom stereocenters. The van der Waals surface area contributed by atoms with Crippen molar-refractivity contribution in [3.8, 4) is 0 Å². The largest absolute Gasteiger partial charge is 0.357 e. The van der Waals surface area contributed by atoms with Crippen LogP contribution in [0.15, 0.2) is 28.1 Å². The molecule has 2 aromatic rings. The molecule has 8 heteroatoms. The van der Waals surface area contributed by atoms with E-state index in [0.717, 1.165) is 24.9 Å². The van der Waals surface area contributed by atoms with Gasteiger partial charge in [0.1, 0.15) is 12.2 Å². The maximum atomic E-state index is 4.76. The standard InChI is InChI=1S/C15H24N6S.HI/c1-5-16-15(17-8-12(2)13-6-7-22-10-13)20(3)9-14-18-11-19-21(14)4;/h6-7,10-12H,5,8-9H2,1-4H3,(H,16,17);1H. The number of nitrogens with one attached hydrogen (secondary N) is 1. The Labute approximate surface area is 159 Å². The Morgan fingerprint density at radius 3 is 2.87 bits per heavy atom. The monoisotopic (exact) mass is 448 g/mol. The molecule has 2 aromatic heterocycles. The summed E-state index contributed by atoms with van der Waals surface area (Å²) in [5, 5.41) is 11.7. The summed E-state index contributed by atoms with van der Waals surface area (Å²) in [6.07, 6.45) is 1.58. The zero-order valence-electron chi connectivity index (χ0n) is 14.1. The van der Waals surface area contributed by atoms with E-state index in [-0.39, 0.29) is 24.0 Å². The maximum absolute atomic E-state index is 4.76. The molecule has 128 valence electrons. The molecule has 23 heavy (non-hydrogen) atoms. The summed E-state index contributed by atoms with van der Waals surface area (Å²) in [6, 6.07) is 2.17. The van der Waals surface area contributed by atoms with Crippen LogP contribution in [0.25, 0.3) is 0 Å². The highest BCUT2D eigenvalue weighted by Gasteiger charge is 2.11. The summed E-state index contributed by atoms with van der Waals surface area (Å²) in [5.41, 5.74) is 1.35. The van der Waals surface area contributed by atoms with Gasteiger partial charge in [-0.25, -0.2) is 4.98 Å². The number of aromatic nitrogens is 3. The van der Waals surface area contributed by atoms with Gasteiger partial charge in [0, 0.05) is 33.1 Å². The molecule has 0 aliphatic carbocycles. The lowest BCUT2D eigenvalue weighted by molar-refractivity contribution is 0.448. The molecule has 1 atom stereocenters. The van der Waals surface area contributed by atoms with Gasteiger partial charge in [0.2, 0.25) is 0 Å². The Morgan fingerprint density at radius 1 is 1.52 bits per heavy atom. The first-order valence-corrected chi connectivity index (χ1v) is 8.40. The Balaban J connectivity index is 0.00000264. The highest BCUT2D eigenvalue weighted by Crippen LogP contribution is 2.18. The molecule has 6 nitrogen and oxygen atoms in total. The number of hydrogen-bond donors (Lipinski definition) is 1. The van der Waals surface area contributed by atoms with Gasteiger partial charge in [0.05, 0.1) is 6.54 Å². The van der Waals surface area contributed by atoms with Crippen LogP contribution in [0.5, 0.6) is 0 Å². The average molecular weight is 448 g/mol. The maximum Gasteiger partial charge on any atom is 0.194 e. The van der Waals surface area contributed by atoms with Gasteiger partial charge in [-0.15, -0.1) is 24.0 Å². The predicted molar refractivity (Wildman–Crippen MR) is 107 cm³/mol. The number of thiophene rings is 1. The van der Waals surface area contributed by atoms with E-state index in [1.165, 1.54) is 5.56 Å². The molecule has 0 bridgehead atoms. The quantitative estimate of drug-likeness (QED) is 0.420. The van der Waals surface area contributed by atoms with Crippen molar-refractivity contribution >= 4 is 41.3 Å². The summed E-state index contributed by atoms with van der Waals surface area (Å²) in [5.74, 6) is 2.23. The van der Waals surface area contributed by atoms with Gasteiger partial charge >= 0.3 is 0 Å². The number of aliphatic imine (C=N–C) groups is 1. The van der Waals surface area contributed by atoms with E-state index in [0.29, 0.717) is 12.5 Å². The van der Waals surface area contributed by atoms with E-state index in [1.54, 1.807) is 22.3 Å². The van der Waals surface area contributed by atoms with Crippen molar-refractivity contribution in [1.82, 2.24) is 25.0 Å². The van der Waals surface area contributed by atoms with E-state index in [9.17, 15) is 0 Å². The minimum absolute atomic E-state index is 0. The molecule has 0 saturated heterocycles. The molecule has 0 aliphatic heterocycles. The number of halogens is 1. The molecular weight excluding hydrogens is 423 g/mol. The molecule has 2 heterocycles. The first-order chi connectivity index (χ1) is 10.6. The second-order valence-electron chi connectivity index (χ2n) is 5.31. The summed E-state index contributed by atoms with van der Waals surface area (Å²) < 4.78 is 1.79. The Hall–Kier alpha value is -1.16. The minimum Gasteiger partial charge on any atom is -0.357 e. The van der Waals surface area contributed by atoms with Gasteiger partial charge in [-0.3, -0.25) is 9.67 Å². The van der Waals surface area contributed by atoms with Gasteiger partial charge in [-0.1, -0.05) is 6.92 Å². The number of guanidine groups is 1. The van der Waals surface area contributed by atoms with E-state index >= 15 is 0 Å². The topological polar surface area (TPSA) is 58.3 Å². The summed E-state index contributed by atoms with van der Waals surface area (Å²) in [7, 11) is 3.92. The molecule has 0 amide bonds. The lowest BCUT2D eigenvalue weighted by Crippen LogP contribution is -2.39. The zero-order chi connectivity index (χ0) is 15.9. The van der Waals surface area contributed by atoms with Gasteiger partial charge in [-0.05, 0) is 29.3 Å². The van der Waals surface area contributed by atoms with Crippen molar-refractivity contribution in [3.05, 3.63) is 34.5 Å². The summed E-state index contributed by atoms with van der Waals surface area (Å²) in [6.45, 7) is 6.57. The van der Waals surface area contributed by atoms with Gasteiger partial charge in [0.15, 0.2) is 5.96 Å². The highest BCUT2D eigenvalue weighted by molar-refractivity contribution is 14.0. The lowest BCUT2D eigenvalue weighted by atomic mass is 10.1. The van der Waals surface area contributed by atoms with Crippen molar-refractivity contribution in [2.24, 2.45) is 12.0 Å². The van der Waals surface area contributed by atoms with Gasteiger partial charge in [0.25, 0.3) is 0 Å². The van der Waals surface area contributed by atoms with Crippen LogP contribution >= 0.6 is 35.3 Å². The number of nitrogens with zero attached hydrogens (tertiary/aromatic N) is 5. The van der Waals surface area contributed by atoms with Crippen LogP contribution in [0.4, 0.5) is 0 Å². The fraction of sp³-hybridized carbons (Fsp3) is 0.533. The van der Waals surface area contributed by atoms with Crippen molar-refractivity contribution < 1.29 is 0 Å². The summed E-state index contributed by atoms with van der Waals surface area (Å²) >= 11 is 1.73. The molecule has 1 N–H and O–H groups in total. The van der Waals surface area contributed by atoms with Crippen LogP contribution in [0.3, 0.4) is 0 Å². The van der Waals surface area contributed by atoms with E-state index in [2.05, 4.69) is 51.0 Å². The van der Waals surface area contributed by atoms with Crippen molar-refractivity contribution in [1.29, 1.82) is 0 Å². The van der Waals surface area contributed by atoms with Crippen LogP contribution in [-0.2, 0) is 13.6 Å². The molecule has 0 radical (unpaired) electrons. The first-order valence-electron chi connectivity index (χ1n) is 7.46. The summed E-state index contributed by atoms with van der Waals surface area (Å²) in [4.78, 5) is 11.1. The Bertz CT molecular complexity index is 595. The predicted octanol–water partition coefficient (Wildman–Crippen LogP) is 2.70. The molecule has 0 saturated carbocycles. The zero-order valence-corrected chi connectivity index (χ0v) is 17.2. The minimum atomic E-state index is 0. The Kier molecular flexibility index (Phi) is 8.53. The van der Waals surface area contributed by atoms with E-state index < -0.39 is 0 Å². The first kappa shape index (κ1) is 19.9. The molecule has 0 aromatic carbocycles. The van der Waals surface area contributed by atoms with Crippen LogP contribution in [0, 0.1) is 0 Å². The molecule has 0 fully saturated rings. The van der Waals surface area contributed by atoms with Crippen molar-refractivity contribution in [3.63, 3.8) is 0 Å². The SMILES string of the molecule is CCNC(=NCC(C)c1ccsc1)N(C)Cc1ncnn1C.I. The third-order valence-corrected chi connectivity index (χ3v) is 4.21. The van der Waals surface area contributed by atoms with Gasteiger partial charge in [-0.2, -0.15) is 16.4 Å². The third-order valence-electron chi connectivity index (χ3n) is 3.51. The molecule has 0 spiro atoms. The average Bonchev–Trinajstić information content (AvgIpc) is 3.15. The number of hydrogen-bond acceptors (Lipinski definition) is 4.